The fourth-order valence-electron chi connectivity index (χ4n) is 2.83. The van der Waals surface area contributed by atoms with Gasteiger partial charge < -0.3 is 9.84 Å². The Balaban J connectivity index is 1.58. The highest BCUT2D eigenvalue weighted by Crippen LogP contribution is 2.35. The highest BCUT2D eigenvalue weighted by atomic mass is 32.1. The third-order valence-electron chi connectivity index (χ3n) is 4.34. The molecular weight excluding hydrogens is 384 g/mol. The summed E-state index contributed by atoms with van der Waals surface area (Å²) in [6, 6.07) is 17.6. The van der Waals surface area contributed by atoms with Gasteiger partial charge in [-0.05, 0) is 41.7 Å². The second-order valence-electron chi connectivity index (χ2n) is 7.02. The van der Waals surface area contributed by atoms with Crippen LogP contribution in [0.15, 0.2) is 59.7 Å². The van der Waals surface area contributed by atoms with Gasteiger partial charge in [-0.3, -0.25) is 4.79 Å². The first kappa shape index (κ1) is 20.6. The molecule has 0 aliphatic rings. The highest BCUT2D eigenvalue weighted by molar-refractivity contribution is 7.17. The number of ether oxygens (including phenoxy) is 1. The summed E-state index contributed by atoms with van der Waals surface area (Å²) in [5, 5.41) is 14.2. The lowest BCUT2D eigenvalue weighted by Gasteiger charge is -2.14. The molecule has 29 heavy (non-hydrogen) atoms. The van der Waals surface area contributed by atoms with E-state index in [-0.39, 0.29) is 17.6 Å². The lowest BCUT2D eigenvalue weighted by molar-refractivity contribution is -0.123. The van der Waals surface area contributed by atoms with Crippen LogP contribution in [-0.2, 0) is 4.79 Å². The second-order valence-corrected chi connectivity index (χ2v) is 8.05. The van der Waals surface area contributed by atoms with Crippen LogP contribution in [0.3, 0.4) is 0 Å². The van der Waals surface area contributed by atoms with E-state index in [1.807, 2.05) is 61.5 Å². The molecule has 1 heterocycles. The average Bonchev–Trinajstić information content (AvgIpc) is 3.07. The standard InChI is InChI=1S/C23H24N2O3S/c1-15(2)19-10-9-16(3)11-20(19)28-14-22(26)25-24-13-18-12-21(29-23(18)27)17-7-5-4-6-8-17/h4-13,15,27H,14H2,1-3H3,(H,25,26). The maximum Gasteiger partial charge on any atom is 0.277 e. The van der Waals surface area contributed by atoms with Crippen molar-refractivity contribution in [1.82, 2.24) is 5.43 Å². The van der Waals surface area contributed by atoms with Crippen molar-refractivity contribution in [3.63, 3.8) is 0 Å². The van der Waals surface area contributed by atoms with E-state index in [2.05, 4.69) is 24.4 Å². The molecule has 150 valence electrons. The highest BCUT2D eigenvalue weighted by Gasteiger charge is 2.11. The minimum absolute atomic E-state index is 0.134. The molecule has 0 radical (unpaired) electrons. The molecule has 0 bridgehead atoms. The minimum atomic E-state index is -0.365. The molecule has 2 aromatic carbocycles. The molecule has 0 saturated carbocycles. The summed E-state index contributed by atoms with van der Waals surface area (Å²) >= 11 is 1.27. The molecule has 0 spiro atoms. The van der Waals surface area contributed by atoms with Gasteiger partial charge in [-0.1, -0.05) is 67.6 Å². The van der Waals surface area contributed by atoms with Gasteiger partial charge in [0.1, 0.15) is 5.75 Å². The zero-order valence-corrected chi connectivity index (χ0v) is 17.5. The van der Waals surface area contributed by atoms with Crippen molar-refractivity contribution in [2.45, 2.75) is 26.7 Å². The van der Waals surface area contributed by atoms with E-state index in [0.717, 1.165) is 21.6 Å². The summed E-state index contributed by atoms with van der Waals surface area (Å²) in [6.45, 7) is 6.02. The van der Waals surface area contributed by atoms with E-state index in [9.17, 15) is 9.90 Å². The predicted octanol–water partition coefficient (Wildman–Crippen LogP) is 5.08. The van der Waals surface area contributed by atoms with E-state index in [1.54, 1.807) is 0 Å². The number of thiophene rings is 1. The smallest absolute Gasteiger partial charge is 0.277 e. The normalized spacial score (nSPS) is 11.2. The molecule has 1 amide bonds. The van der Waals surface area contributed by atoms with Gasteiger partial charge in [-0.2, -0.15) is 5.10 Å². The average molecular weight is 409 g/mol. The van der Waals surface area contributed by atoms with Crippen LogP contribution in [0.4, 0.5) is 0 Å². The molecule has 0 atom stereocenters. The molecule has 0 unspecified atom stereocenters. The molecule has 0 aliphatic heterocycles. The van der Waals surface area contributed by atoms with E-state index < -0.39 is 0 Å². The maximum absolute atomic E-state index is 12.1. The third kappa shape index (κ3) is 5.45. The molecule has 5 nitrogen and oxygen atoms in total. The molecule has 6 heteroatoms. The van der Waals surface area contributed by atoms with Crippen molar-refractivity contribution in [1.29, 1.82) is 0 Å². The maximum atomic E-state index is 12.1. The molecule has 2 N–H and O–H groups in total. The van der Waals surface area contributed by atoms with Crippen molar-refractivity contribution in [2.24, 2.45) is 5.10 Å². The third-order valence-corrected chi connectivity index (χ3v) is 5.34. The molecule has 0 aliphatic carbocycles. The summed E-state index contributed by atoms with van der Waals surface area (Å²) in [5.41, 5.74) is 6.14. The van der Waals surface area contributed by atoms with Gasteiger partial charge in [0.25, 0.3) is 5.91 Å². The van der Waals surface area contributed by atoms with Crippen LogP contribution in [0.2, 0.25) is 0 Å². The van der Waals surface area contributed by atoms with Crippen LogP contribution in [0.1, 0.15) is 36.5 Å². The van der Waals surface area contributed by atoms with Crippen LogP contribution in [0.25, 0.3) is 10.4 Å². The fourth-order valence-corrected chi connectivity index (χ4v) is 3.70. The van der Waals surface area contributed by atoms with Gasteiger partial charge in [0, 0.05) is 10.4 Å². The molecule has 3 aromatic rings. The number of aromatic hydroxyl groups is 1. The van der Waals surface area contributed by atoms with Gasteiger partial charge in [0.15, 0.2) is 11.7 Å². The summed E-state index contributed by atoms with van der Waals surface area (Å²) < 4.78 is 5.70. The van der Waals surface area contributed by atoms with Crippen molar-refractivity contribution in [3.05, 3.63) is 71.3 Å². The zero-order chi connectivity index (χ0) is 20.8. The first-order chi connectivity index (χ1) is 13.9. The summed E-state index contributed by atoms with van der Waals surface area (Å²) in [5.74, 6) is 0.643. The lowest BCUT2D eigenvalue weighted by atomic mass is 10.0. The van der Waals surface area contributed by atoms with Gasteiger partial charge in [-0.15, -0.1) is 0 Å². The van der Waals surface area contributed by atoms with E-state index in [1.165, 1.54) is 17.6 Å². The number of aryl methyl sites for hydroxylation is 1. The quantitative estimate of drug-likeness (QED) is 0.423. The Hall–Kier alpha value is -3.12. The van der Waals surface area contributed by atoms with Crippen molar-refractivity contribution < 1.29 is 14.6 Å². The molecule has 0 fully saturated rings. The van der Waals surface area contributed by atoms with Crippen molar-refractivity contribution in [2.75, 3.05) is 6.61 Å². The Morgan fingerprint density at radius 2 is 1.97 bits per heavy atom. The fraction of sp³-hybridized carbons (Fsp3) is 0.217. The Kier molecular flexibility index (Phi) is 6.67. The Bertz CT molecular complexity index is 1010. The predicted molar refractivity (Wildman–Crippen MR) is 118 cm³/mol. The van der Waals surface area contributed by atoms with E-state index >= 15 is 0 Å². The van der Waals surface area contributed by atoms with Crippen LogP contribution in [-0.4, -0.2) is 23.8 Å². The van der Waals surface area contributed by atoms with Crippen LogP contribution in [0.5, 0.6) is 10.8 Å². The van der Waals surface area contributed by atoms with Gasteiger partial charge in [-0.25, -0.2) is 5.43 Å². The monoisotopic (exact) mass is 408 g/mol. The van der Waals surface area contributed by atoms with E-state index in [0.29, 0.717) is 17.2 Å². The number of amides is 1. The largest absolute Gasteiger partial charge is 0.499 e. The number of hydrogen-bond donors (Lipinski definition) is 2. The number of rotatable bonds is 7. The number of hydrogen-bond acceptors (Lipinski definition) is 5. The summed E-state index contributed by atoms with van der Waals surface area (Å²) in [6.07, 6.45) is 1.43. The SMILES string of the molecule is Cc1ccc(C(C)C)c(OCC(=O)NN=Cc2cc(-c3ccccc3)sc2O)c1. The number of carbonyl (C=O) groups excluding carboxylic acids is 1. The van der Waals surface area contributed by atoms with Gasteiger partial charge >= 0.3 is 0 Å². The lowest BCUT2D eigenvalue weighted by Crippen LogP contribution is -2.24. The Labute approximate surface area is 174 Å². The number of benzene rings is 2. The van der Waals surface area contributed by atoms with Gasteiger partial charge in [0.05, 0.1) is 6.21 Å². The van der Waals surface area contributed by atoms with Crippen LogP contribution < -0.4 is 10.2 Å². The number of hydrazone groups is 1. The first-order valence-electron chi connectivity index (χ1n) is 9.37. The molecule has 0 saturated heterocycles. The molecule has 3 rings (SSSR count). The Morgan fingerprint density at radius 3 is 2.69 bits per heavy atom. The summed E-state index contributed by atoms with van der Waals surface area (Å²) in [7, 11) is 0. The summed E-state index contributed by atoms with van der Waals surface area (Å²) in [4.78, 5) is 13.0. The van der Waals surface area contributed by atoms with E-state index in [4.69, 9.17) is 4.74 Å². The number of nitrogens with zero attached hydrogens (tertiary/aromatic N) is 1. The van der Waals surface area contributed by atoms with Crippen LogP contribution >= 0.6 is 11.3 Å². The minimum Gasteiger partial charge on any atom is -0.499 e. The number of nitrogens with one attached hydrogen (secondary N) is 1. The molecule has 1 aromatic heterocycles. The first-order valence-corrected chi connectivity index (χ1v) is 10.2. The molecular formula is C23H24N2O3S. The zero-order valence-electron chi connectivity index (χ0n) is 16.7. The van der Waals surface area contributed by atoms with Gasteiger partial charge in [0.2, 0.25) is 0 Å². The van der Waals surface area contributed by atoms with Crippen molar-refractivity contribution >= 4 is 23.5 Å². The van der Waals surface area contributed by atoms with Crippen molar-refractivity contribution in [3.8, 4) is 21.3 Å². The Morgan fingerprint density at radius 1 is 1.21 bits per heavy atom. The topological polar surface area (TPSA) is 70.9 Å². The van der Waals surface area contributed by atoms with Crippen LogP contribution in [0, 0.1) is 6.92 Å². The second kappa shape index (κ2) is 9.39. The number of carbonyl (C=O) groups is 1.